The predicted molar refractivity (Wildman–Crippen MR) is 77.0 cm³/mol. The van der Waals surface area contributed by atoms with Crippen molar-refractivity contribution in [3.05, 3.63) is 71.5 Å². The Bertz CT molecular complexity index is 535. The van der Waals surface area contributed by atoms with Gasteiger partial charge in [0.25, 0.3) is 0 Å². The first-order valence-electron chi connectivity index (χ1n) is 6.97. The molecule has 104 valence electrons. The van der Waals surface area contributed by atoms with Gasteiger partial charge in [-0.05, 0) is 29.7 Å². The lowest BCUT2D eigenvalue weighted by molar-refractivity contribution is 0.189. The fraction of sp³-hybridized carbons (Fsp3) is 0.294. The van der Waals surface area contributed by atoms with Crippen molar-refractivity contribution in [2.75, 3.05) is 13.2 Å². The Kier molecular flexibility index (Phi) is 4.09. The number of halogens is 1. The Morgan fingerprint density at radius 3 is 2.35 bits per heavy atom. The van der Waals surface area contributed by atoms with Crippen LogP contribution in [0.2, 0.25) is 0 Å². The summed E-state index contributed by atoms with van der Waals surface area (Å²) in [5, 5.41) is 3.62. The summed E-state index contributed by atoms with van der Waals surface area (Å²) >= 11 is 0. The Balaban J connectivity index is 1.88. The molecule has 0 aliphatic carbocycles. The van der Waals surface area contributed by atoms with Gasteiger partial charge in [0.1, 0.15) is 5.82 Å². The van der Waals surface area contributed by atoms with Crippen LogP contribution in [-0.2, 0) is 4.74 Å². The highest BCUT2D eigenvalue weighted by atomic mass is 19.1. The van der Waals surface area contributed by atoms with E-state index in [2.05, 4.69) is 17.4 Å². The van der Waals surface area contributed by atoms with Gasteiger partial charge in [0.15, 0.2) is 0 Å². The fourth-order valence-electron chi connectivity index (χ4n) is 2.59. The van der Waals surface area contributed by atoms with Gasteiger partial charge in [-0.25, -0.2) is 4.39 Å². The molecule has 2 aromatic rings. The topological polar surface area (TPSA) is 21.3 Å². The average molecular weight is 271 g/mol. The number of ether oxygens (including phenoxy) is 1. The highest BCUT2D eigenvalue weighted by Crippen LogP contribution is 2.24. The first-order valence-corrected chi connectivity index (χ1v) is 6.97. The average Bonchev–Trinajstić information content (AvgIpc) is 3.00. The SMILES string of the molecule is Fc1ccc(C(NC2CCOC2)c2ccccc2)cc1. The molecule has 0 spiro atoms. The molecule has 20 heavy (non-hydrogen) atoms. The quantitative estimate of drug-likeness (QED) is 0.921. The van der Waals surface area contributed by atoms with E-state index in [1.165, 1.54) is 17.7 Å². The molecule has 1 N–H and O–H groups in total. The van der Waals surface area contributed by atoms with Gasteiger partial charge in [-0.1, -0.05) is 42.5 Å². The van der Waals surface area contributed by atoms with Crippen LogP contribution in [0.1, 0.15) is 23.6 Å². The summed E-state index contributed by atoms with van der Waals surface area (Å²) < 4.78 is 18.5. The second-order valence-electron chi connectivity index (χ2n) is 5.12. The van der Waals surface area contributed by atoms with Crippen molar-refractivity contribution in [2.45, 2.75) is 18.5 Å². The molecule has 1 heterocycles. The lowest BCUT2D eigenvalue weighted by Gasteiger charge is -2.23. The highest BCUT2D eigenvalue weighted by molar-refractivity contribution is 5.32. The fourth-order valence-corrected chi connectivity index (χ4v) is 2.59. The van der Waals surface area contributed by atoms with E-state index in [-0.39, 0.29) is 11.9 Å². The molecule has 1 saturated heterocycles. The Hall–Kier alpha value is -1.71. The monoisotopic (exact) mass is 271 g/mol. The second-order valence-corrected chi connectivity index (χ2v) is 5.12. The third-order valence-electron chi connectivity index (χ3n) is 3.67. The number of nitrogens with one attached hydrogen (secondary N) is 1. The summed E-state index contributed by atoms with van der Waals surface area (Å²) in [5.41, 5.74) is 2.26. The lowest BCUT2D eigenvalue weighted by atomic mass is 9.97. The summed E-state index contributed by atoms with van der Waals surface area (Å²) in [7, 11) is 0. The van der Waals surface area contributed by atoms with Crippen molar-refractivity contribution in [1.82, 2.24) is 5.32 Å². The number of benzene rings is 2. The van der Waals surface area contributed by atoms with Crippen LogP contribution in [0, 0.1) is 5.82 Å². The maximum atomic E-state index is 13.1. The molecule has 0 radical (unpaired) electrons. The van der Waals surface area contributed by atoms with Crippen LogP contribution in [0.15, 0.2) is 54.6 Å². The molecule has 1 aliphatic rings. The van der Waals surface area contributed by atoms with Gasteiger partial charge in [0, 0.05) is 12.6 Å². The molecule has 3 heteroatoms. The number of hydrogen-bond acceptors (Lipinski definition) is 2. The van der Waals surface area contributed by atoms with E-state index in [9.17, 15) is 4.39 Å². The van der Waals surface area contributed by atoms with Gasteiger partial charge in [0.2, 0.25) is 0 Å². The first-order chi connectivity index (χ1) is 9.83. The molecule has 1 fully saturated rings. The van der Waals surface area contributed by atoms with Crippen molar-refractivity contribution in [3.63, 3.8) is 0 Å². The molecular weight excluding hydrogens is 253 g/mol. The zero-order chi connectivity index (χ0) is 13.8. The summed E-state index contributed by atoms with van der Waals surface area (Å²) in [6.07, 6.45) is 1.02. The molecule has 2 unspecified atom stereocenters. The lowest BCUT2D eigenvalue weighted by Crippen LogP contribution is -2.33. The largest absolute Gasteiger partial charge is 0.380 e. The summed E-state index contributed by atoms with van der Waals surface area (Å²) in [6, 6.07) is 17.4. The summed E-state index contributed by atoms with van der Waals surface area (Å²) in [6.45, 7) is 1.55. The van der Waals surface area contributed by atoms with E-state index >= 15 is 0 Å². The van der Waals surface area contributed by atoms with Gasteiger partial charge in [-0.2, -0.15) is 0 Å². The number of rotatable bonds is 4. The molecule has 2 atom stereocenters. The molecule has 0 amide bonds. The van der Waals surface area contributed by atoms with E-state index in [0.717, 1.165) is 25.2 Å². The van der Waals surface area contributed by atoms with E-state index in [4.69, 9.17) is 4.74 Å². The maximum absolute atomic E-state index is 13.1. The Labute approximate surface area is 118 Å². The summed E-state index contributed by atoms with van der Waals surface area (Å²) in [4.78, 5) is 0. The minimum Gasteiger partial charge on any atom is -0.380 e. The van der Waals surface area contributed by atoms with Crippen LogP contribution in [-0.4, -0.2) is 19.3 Å². The van der Waals surface area contributed by atoms with Crippen molar-refractivity contribution in [3.8, 4) is 0 Å². The maximum Gasteiger partial charge on any atom is 0.123 e. The molecule has 2 nitrogen and oxygen atoms in total. The Morgan fingerprint density at radius 2 is 1.70 bits per heavy atom. The highest BCUT2D eigenvalue weighted by Gasteiger charge is 2.21. The molecule has 1 aliphatic heterocycles. The normalized spacial score (nSPS) is 19.9. The standard InChI is InChI=1S/C17H18FNO/c18-15-8-6-14(7-9-15)17(13-4-2-1-3-5-13)19-16-10-11-20-12-16/h1-9,16-17,19H,10-12H2. The van der Waals surface area contributed by atoms with Gasteiger partial charge in [0.05, 0.1) is 12.6 Å². The van der Waals surface area contributed by atoms with E-state index < -0.39 is 0 Å². The minimum atomic E-state index is -0.204. The van der Waals surface area contributed by atoms with Crippen LogP contribution in [0.4, 0.5) is 4.39 Å². The molecule has 2 aromatic carbocycles. The van der Waals surface area contributed by atoms with E-state index in [1.54, 1.807) is 0 Å². The number of hydrogen-bond donors (Lipinski definition) is 1. The predicted octanol–water partition coefficient (Wildman–Crippen LogP) is 3.29. The van der Waals surface area contributed by atoms with Gasteiger partial charge < -0.3 is 10.1 Å². The van der Waals surface area contributed by atoms with Crippen LogP contribution in [0.5, 0.6) is 0 Å². The van der Waals surface area contributed by atoms with Crippen LogP contribution >= 0.6 is 0 Å². The Morgan fingerprint density at radius 1 is 1.00 bits per heavy atom. The van der Waals surface area contributed by atoms with Crippen molar-refractivity contribution in [1.29, 1.82) is 0 Å². The van der Waals surface area contributed by atoms with Gasteiger partial charge in [-0.15, -0.1) is 0 Å². The molecule has 0 aromatic heterocycles. The second kappa shape index (κ2) is 6.16. The molecular formula is C17H18FNO. The van der Waals surface area contributed by atoms with Crippen molar-refractivity contribution >= 4 is 0 Å². The van der Waals surface area contributed by atoms with Gasteiger partial charge >= 0.3 is 0 Å². The zero-order valence-electron chi connectivity index (χ0n) is 11.3. The zero-order valence-corrected chi connectivity index (χ0v) is 11.3. The molecule has 3 rings (SSSR count). The third-order valence-corrected chi connectivity index (χ3v) is 3.67. The van der Waals surface area contributed by atoms with Crippen molar-refractivity contribution < 1.29 is 9.13 Å². The van der Waals surface area contributed by atoms with Gasteiger partial charge in [-0.3, -0.25) is 0 Å². The molecule has 0 bridgehead atoms. The van der Waals surface area contributed by atoms with Crippen LogP contribution < -0.4 is 5.32 Å². The molecule has 0 saturated carbocycles. The van der Waals surface area contributed by atoms with Crippen LogP contribution in [0.25, 0.3) is 0 Å². The van der Waals surface area contributed by atoms with Crippen LogP contribution in [0.3, 0.4) is 0 Å². The van der Waals surface area contributed by atoms with Crippen molar-refractivity contribution in [2.24, 2.45) is 0 Å². The minimum absolute atomic E-state index is 0.0727. The first kappa shape index (κ1) is 13.3. The smallest absolute Gasteiger partial charge is 0.123 e. The van der Waals surface area contributed by atoms with E-state index in [0.29, 0.717) is 6.04 Å². The summed E-state index contributed by atoms with van der Waals surface area (Å²) in [5.74, 6) is -0.204. The van der Waals surface area contributed by atoms with E-state index in [1.807, 2.05) is 30.3 Å². The third kappa shape index (κ3) is 3.06.